The molecule has 1 aromatic heterocycles. The van der Waals surface area contributed by atoms with Crippen LogP contribution in [0.2, 0.25) is 0 Å². The van der Waals surface area contributed by atoms with Crippen molar-refractivity contribution in [2.75, 3.05) is 18.0 Å². The first-order valence-corrected chi connectivity index (χ1v) is 6.00. The molecule has 0 spiro atoms. The van der Waals surface area contributed by atoms with Gasteiger partial charge in [-0.15, -0.1) is 0 Å². The summed E-state index contributed by atoms with van der Waals surface area (Å²) in [6.45, 7) is 1.11. The summed E-state index contributed by atoms with van der Waals surface area (Å²) in [4.78, 5) is 18.4. The number of piperazine rings is 1. The van der Waals surface area contributed by atoms with E-state index in [2.05, 4.69) is 4.98 Å². The molecular formula is C12H12F3N3O. The summed E-state index contributed by atoms with van der Waals surface area (Å²) < 4.78 is 38.0. The lowest BCUT2D eigenvalue weighted by atomic mass is 10.2. The van der Waals surface area contributed by atoms with E-state index in [-0.39, 0.29) is 12.1 Å². The first-order chi connectivity index (χ1) is 8.99. The molecule has 0 unspecified atom stereocenters. The van der Waals surface area contributed by atoms with Crippen molar-refractivity contribution in [2.24, 2.45) is 0 Å². The number of hydrogen-bond donors (Lipinski definition) is 0. The Kier molecular flexibility index (Phi) is 2.65. The fourth-order valence-electron chi connectivity index (χ4n) is 2.86. The van der Waals surface area contributed by atoms with Gasteiger partial charge in [-0.3, -0.25) is 4.79 Å². The van der Waals surface area contributed by atoms with Crippen LogP contribution in [0.4, 0.5) is 19.0 Å². The molecule has 2 saturated heterocycles. The normalized spacial score (nSPS) is 26.1. The van der Waals surface area contributed by atoms with Gasteiger partial charge in [-0.25, -0.2) is 4.98 Å². The van der Waals surface area contributed by atoms with Crippen LogP contribution in [-0.4, -0.2) is 41.5 Å². The standard InChI is InChI=1S/C12H12F3N3O/c13-12(14,15)8-1-2-16-11(3-8)18-6-9-4-10(18)5-17(9)7-19/h1-3,7,9-10H,4-6H2/t9-,10-/m0/s1. The number of alkyl halides is 3. The van der Waals surface area contributed by atoms with E-state index in [0.29, 0.717) is 18.9 Å². The Morgan fingerprint density at radius 2 is 2.11 bits per heavy atom. The van der Waals surface area contributed by atoms with E-state index in [1.54, 1.807) is 4.90 Å². The Morgan fingerprint density at radius 3 is 2.68 bits per heavy atom. The summed E-state index contributed by atoms with van der Waals surface area (Å²) in [5.74, 6) is 0.341. The van der Waals surface area contributed by atoms with Gasteiger partial charge < -0.3 is 9.80 Å². The van der Waals surface area contributed by atoms with Gasteiger partial charge in [0, 0.05) is 19.3 Å². The molecule has 102 valence electrons. The number of rotatable bonds is 2. The van der Waals surface area contributed by atoms with Gasteiger partial charge in [0.2, 0.25) is 6.41 Å². The maximum Gasteiger partial charge on any atom is 0.416 e. The van der Waals surface area contributed by atoms with E-state index in [9.17, 15) is 18.0 Å². The lowest BCUT2D eigenvalue weighted by molar-refractivity contribution is -0.137. The zero-order chi connectivity index (χ0) is 13.6. The maximum atomic E-state index is 12.7. The van der Waals surface area contributed by atoms with Crippen molar-refractivity contribution in [3.8, 4) is 0 Å². The van der Waals surface area contributed by atoms with Gasteiger partial charge in [-0.2, -0.15) is 13.2 Å². The van der Waals surface area contributed by atoms with E-state index in [0.717, 1.165) is 25.0 Å². The zero-order valence-electron chi connectivity index (χ0n) is 9.97. The molecule has 2 aliphatic heterocycles. The number of nitrogens with zero attached hydrogens (tertiary/aromatic N) is 3. The van der Waals surface area contributed by atoms with Crippen LogP contribution in [0.25, 0.3) is 0 Å². The van der Waals surface area contributed by atoms with Crippen LogP contribution in [-0.2, 0) is 11.0 Å². The fourth-order valence-corrected chi connectivity index (χ4v) is 2.86. The lowest BCUT2D eigenvalue weighted by Crippen LogP contribution is -2.46. The Bertz CT molecular complexity index is 505. The molecule has 19 heavy (non-hydrogen) atoms. The highest BCUT2D eigenvalue weighted by Crippen LogP contribution is 2.35. The number of aromatic nitrogens is 1. The third kappa shape index (κ3) is 2.02. The van der Waals surface area contributed by atoms with Crippen molar-refractivity contribution < 1.29 is 18.0 Å². The Hall–Kier alpha value is -1.79. The summed E-state index contributed by atoms with van der Waals surface area (Å²) in [6, 6.07) is 2.21. The SMILES string of the molecule is O=CN1C[C@@H]2C[C@H]1CN2c1cc(C(F)(F)F)ccn1. The molecule has 2 aliphatic rings. The van der Waals surface area contributed by atoms with Crippen LogP contribution in [0.1, 0.15) is 12.0 Å². The minimum Gasteiger partial charge on any atom is -0.350 e. The highest BCUT2D eigenvalue weighted by molar-refractivity contribution is 5.53. The number of carbonyl (C=O) groups is 1. The van der Waals surface area contributed by atoms with Gasteiger partial charge in [-0.05, 0) is 18.6 Å². The number of likely N-dealkylation sites (tertiary alicyclic amines) is 1. The molecule has 0 N–H and O–H groups in total. The summed E-state index contributed by atoms with van der Waals surface area (Å²) in [5.41, 5.74) is -0.687. The average Bonchev–Trinajstić information content (AvgIpc) is 2.97. The molecule has 3 rings (SSSR count). The fraction of sp³-hybridized carbons (Fsp3) is 0.500. The van der Waals surface area contributed by atoms with Crippen LogP contribution in [0.5, 0.6) is 0 Å². The van der Waals surface area contributed by atoms with Crippen molar-refractivity contribution in [3.63, 3.8) is 0 Å². The predicted molar refractivity (Wildman–Crippen MR) is 61.5 cm³/mol. The zero-order valence-corrected chi connectivity index (χ0v) is 9.97. The van der Waals surface area contributed by atoms with Gasteiger partial charge in [0.25, 0.3) is 0 Å². The minimum absolute atomic E-state index is 0.0752. The number of anilines is 1. The molecule has 2 atom stereocenters. The summed E-state index contributed by atoms with van der Waals surface area (Å²) in [7, 11) is 0. The van der Waals surface area contributed by atoms with Crippen molar-refractivity contribution >= 4 is 12.2 Å². The number of hydrogen-bond acceptors (Lipinski definition) is 3. The van der Waals surface area contributed by atoms with E-state index in [1.807, 2.05) is 4.90 Å². The second-order valence-corrected chi connectivity index (χ2v) is 4.90. The third-order valence-electron chi connectivity index (χ3n) is 3.79. The predicted octanol–water partition coefficient (Wildman–Crippen LogP) is 1.52. The second kappa shape index (κ2) is 4.11. The van der Waals surface area contributed by atoms with Gasteiger partial charge in [0.15, 0.2) is 0 Å². The number of amides is 1. The quantitative estimate of drug-likeness (QED) is 0.765. The molecular weight excluding hydrogens is 259 g/mol. The Labute approximate surface area is 107 Å². The molecule has 2 fully saturated rings. The van der Waals surface area contributed by atoms with Crippen LogP contribution in [0.3, 0.4) is 0 Å². The molecule has 0 aliphatic carbocycles. The maximum absolute atomic E-state index is 12.7. The van der Waals surface area contributed by atoms with Crippen LogP contribution in [0.15, 0.2) is 18.3 Å². The van der Waals surface area contributed by atoms with Gasteiger partial charge in [0.05, 0.1) is 17.6 Å². The topological polar surface area (TPSA) is 36.4 Å². The third-order valence-corrected chi connectivity index (χ3v) is 3.79. The van der Waals surface area contributed by atoms with Crippen LogP contribution in [0, 0.1) is 0 Å². The van der Waals surface area contributed by atoms with E-state index >= 15 is 0 Å². The largest absolute Gasteiger partial charge is 0.416 e. The lowest BCUT2D eigenvalue weighted by Gasteiger charge is -2.33. The van der Waals surface area contributed by atoms with Crippen molar-refractivity contribution in [1.29, 1.82) is 0 Å². The van der Waals surface area contributed by atoms with Crippen molar-refractivity contribution in [1.82, 2.24) is 9.88 Å². The van der Waals surface area contributed by atoms with Crippen LogP contribution < -0.4 is 4.90 Å². The van der Waals surface area contributed by atoms with Crippen LogP contribution >= 0.6 is 0 Å². The highest BCUT2D eigenvalue weighted by atomic mass is 19.4. The minimum atomic E-state index is -4.36. The average molecular weight is 271 g/mol. The Morgan fingerprint density at radius 1 is 1.32 bits per heavy atom. The number of halogens is 3. The number of carbonyl (C=O) groups excluding carboxylic acids is 1. The molecule has 7 heteroatoms. The van der Waals surface area contributed by atoms with E-state index < -0.39 is 11.7 Å². The second-order valence-electron chi connectivity index (χ2n) is 4.90. The molecule has 4 nitrogen and oxygen atoms in total. The molecule has 1 aromatic rings. The van der Waals surface area contributed by atoms with E-state index in [4.69, 9.17) is 0 Å². The highest BCUT2D eigenvalue weighted by Gasteiger charge is 2.43. The first kappa shape index (κ1) is 12.3. The summed E-state index contributed by atoms with van der Waals surface area (Å²) in [6.07, 6.45) is -1.56. The van der Waals surface area contributed by atoms with Crippen molar-refractivity contribution in [2.45, 2.75) is 24.7 Å². The molecule has 0 saturated carbocycles. The molecule has 0 aromatic carbocycles. The molecule has 2 bridgehead atoms. The Balaban J connectivity index is 1.84. The molecule has 3 heterocycles. The van der Waals surface area contributed by atoms with E-state index in [1.165, 1.54) is 6.20 Å². The number of fused-ring (bicyclic) bond motifs is 2. The molecule has 1 amide bonds. The smallest absolute Gasteiger partial charge is 0.350 e. The summed E-state index contributed by atoms with van der Waals surface area (Å²) in [5, 5.41) is 0. The van der Waals surface area contributed by atoms with Gasteiger partial charge in [0.1, 0.15) is 5.82 Å². The monoisotopic (exact) mass is 271 g/mol. The summed E-state index contributed by atoms with van der Waals surface area (Å²) >= 11 is 0. The number of pyridine rings is 1. The van der Waals surface area contributed by atoms with Gasteiger partial charge in [-0.1, -0.05) is 0 Å². The van der Waals surface area contributed by atoms with Gasteiger partial charge >= 0.3 is 6.18 Å². The van der Waals surface area contributed by atoms with Crippen molar-refractivity contribution in [3.05, 3.63) is 23.9 Å². The molecule has 0 radical (unpaired) electrons. The first-order valence-electron chi connectivity index (χ1n) is 6.00.